The largest absolute Gasteiger partial charge is 0.462 e. The predicted molar refractivity (Wildman–Crippen MR) is 57.6 cm³/mol. The van der Waals surface area contributed by atoms with Crippen LogP contribution in [0.2, 0.25) is 0 Å². The van der Waals surface area contributed by atoms with E-state index in [-0.39, 0.29) is 6.04 Å². The molecule has 1 unspecified atom stereocenters. The summed E-state index contributed by atoms with van der Waals surface area (Å²) in [5, 5.41) is 4.54. The number of methoxy groups -OCH3 is 1. The van der Waals surface area contributed by atoms with Crippen LogP contribution in [-0.4, -0.2) is 25.0 Å². The van der Waals surface area contributed by atoms with E-state index in [4.69, 9.17) is 0 Å². The van der Waals surface area contributed by atoms with Gasteiger partial charge >= 0.3 is 11.9 Å². The van der Waals surface area contributed by atoms with Gasteiger partial charge in [-0.3, -0.25) is 4.79 Å². The number of rotatable bonds is 3. The molecule has 0 aliphatic heterocycles. The summed E-state index contributed by atoms with van der Waals surface area (Å²) in [7, 11) is 1.19. The first-order valence-corrected chi connectivity index (χ1v) is 5.42. The van der Waals surface area contributed by atoms with Crippen LogP contribution in [0, 0.1) is 0 Å². The molecule has 1 aromatic rings. The van der Waals surface area contributed by atoms with Crippen LogP contribution in [0.3, 0.4) is 0 Å². The summed E-state index contributed by atoms with van der Waals surface area (Å²) in [6.07, 6.45) is 0.723. The molecule has 0 spiro atoms. The fourth-order valence-corrected chi connectivity index (χ4v) is 1.99. The van der Waals surface area contributed by atoms with E-state index in [1.165, 1.54) is 12.0 Å². The van der Waals surface area contributed by atoms with Crippen molar-refractivity contribution in [1.29, 1.82) is 0 Å². The molecule has 0 aliphatic carbocycles. The molecule has 1 heterocycles. The van der Waals surface area contributed by atoms with E-state index < -0.39 is 11.9 Å². The maximum Gasteiger partial charge on any atom is 0.396 e. The molecule has 0 aromatic carbocycles. The van der Waals surface area contributed by atoms with Crippen LogP contribution >= 0.6 is 11.3 Å². The average Bonchev–Trinajstić information content (AvgIpc) is 2.68. The first-order valence-electron chi connectivity index (χ1n) is 4.54. The highest BCUT2D eigenvalue weighted by Gasteiger charge is 2.16. The minimum atomic E-state index is -0.854. The number of thiophene rings is 1. The molecule has 0 aliphatic rings. The topological polar surface area (TPSA) is 55.4 Å². The number of carbonyl (C=O) groups excluding carboxylic acids is 2. The van der Waals surface area contributed by atoms with E-state index in [9.17, 15) is 9.59 Å². The van der Waals surface area contributed by atoms with Crippen LogP contribution in [0.15, 0.2) is 17.5 Å². The summed E-state index contributed by atoms with van der Waals surface area (Å²) in [5.74, 6) is -1.55. The summed E-state index contributed by atoms with van der Waals surface area (Å²) in [6.45, 7) is 1.85. The fraction of sp³-hybridized carbons (Fsp3) is 0.400. The minimum absolute atomic E-state index is 0.0738. The smallest absolute Gasteiger partial charge is 0.396 e. The van der Waals surface area contributed by atoms with Crippen molar-refractivity contribution in [2.75, 3.05) is 7.11 Å². The lowest BCUT2D eigenvalue weighted by atomic mass is 10.2. The van der Waals surface area contributed by atoms with Crippen molar-refractivity contribution in [2.45, 2.75) is 19.4 Å². The number of amides is 1. The Kier molecular flexibility index (Phi) is 4.30. The number of ether oxygens (including phenoxy) is 1. The van der Waals surface area contributed by atoms with E-state index >= 15 is 0 Å². The molecule has 0 bridgehead atoms. The summed E-state index contributed by atoms with van der Waals surface area (Å²) < 4.78 is 4.30. The van der Waals surface area contributed by atoms with Gasteiger partial charge in [-0.25, -0.2) is 4.79 Å². The van der Waals surface area contributed by atoms with Crippen molar-refractivity contribution in [2.24, 2.45) is 0 Å². The highest BCUT2D eigenvalue weighted by atomic mass is 32.1. The Bertz CT molecular complexity index is 334. The van der Waals surface area contributed by atoms with Gasteiger partial charge in [0.2, 0.25) is 0 Å². The van der Waals surface area contributed by atoms with Crippen molar-refractivity contribution in [3.63, 3.8) is 0 Å². The van der Waals surface area contributed by atoms with Gasteiger partial charge in [0.25, 0.3) is 0 Å². The minimum Gasteiger partial charge on any atom is -0.462 e. The molecule has 4 nitrogen and oxygen atoms in total. The average molecular weight is 227 g/mol. The lowest BCUT2D eigenvalue weighted by molar-refractivity contribution is -0.153. The molecule has 1 amide bonds. The predicted octanol–water partition coefficient (Wildman–Crippen LogP) is 0.968. The molecular formula is C10H13NO3S. The quantitative estimate of drug-likeness (QED) is 0.618. The second kappa shape index (κ2) is 5.50. The molecule has 5 heteroatoms. The first-order chi connectivity index (χ1) is 7.13. The Balaban J connectivity index is 2.39. The molecule has 1 atom stereocenters. The molecule has 15 heavy (non-hydrogen) atoms. The van der Waals surface area contributed by atoms with Crippen molar-refractivity contribution >= 4 is 23.2 Å². The molecule has 1 rings (SSSR count). The maximum absolute atomic E-state index is 11.1. The molecule has 1 aromatic heterocycles. The Morgan fingerprint density at radius 1 is 1.60 bits per heavy atom. The third kappa shape index (κ3) is 3.71. The van der Waals surface area contributed by atoms with Crippen LogP contribution in [-0.2, 0) is 20.7 Å². The Hall–Kier alpha value is -1.36. The summed E-state index contributed by atoms with van der Waals surface area (Å²) in [6, 6.07) is 3.87. The van der Waals surface area contributed by atoms with Gasteiger partial charge in [0, 0.05) is 17.3 Å². The van der Waals surface area contributed by atoms with E-state index in [1.807, 2.05) is 24.4 Å². The molecule has 82 valence electrons. The third-order valence-electron chi connectivity index (χ3n) is 1.84. The van der Waals surface area contributed by atoms with Gasteiger partial charge in [0.1, 0.15) is 0 Å². The maximum atomic E-state index is 11.1. The van der Waals surface area contributed by atoms with Crippen LogP contribution < -0.4 is 5.32 Å². The molecular weight excluding hydrogens is 214 g/mol. The summed E-state index contributed by atoms with van der Waals surface area (Å²) in [4.78, 5) is 23.1. The zero-order valence-electron chi connectivity index (χ0n) is 8.65. The van der Waals surface area contributed by atoms with Gasteiger partial charge < -0.3 is 10.1 Å². The van der Waals surface area contributed by atoms with Gasteiger partial charge in [-0.1, -0.05) is 6.07 Å². The van der Waals surface area contributed by atoms with Crippen molar-refractivity contribution in [3.05, 3.63) is 22.4 Å². The van der Waals surface area contributed by atoms with Crippen molar-refractivity contribution in [1.82, 2.24) is 5.32 Å². The number of nitrogens with one attached hydrogen (secondary N) is 1. The zero-order chi connectivity index (χ0) is 11.3. The molecule has 0 fully saturated rings. The molecule has 0 saturated heterocycles. The van der Waals surface area contributed by atoms with Gasteiger partial charge in [-0.05, 0) is 18.4 Å². The molecule has 0 saturated carbocycles. The Morgan fingerprint density at radius 2 is 2.33 bits per heavy atom. The standard InChI is InChI=1S/C10H13NO3S/c1-7(6-8-4-3-5-15-8)11-9(12)10(13)14-2/h3-5,7H,6H2,1-2H3,(H,11,12). The summed E-state index contributed by atoms with van der Waals surface area (Å²) in [5.41, 5.74) is 0. The Morgan fingerprint density at radius 3 is 2.87 bits per heavy atom. The van der Waals surface area contributed by atoms with Crippen LogP contribution in [0.1, 0.15) is 11.8 Å². The second-order valence-electron chi connectivity index (χ2n) is 3.15. The summed E-state index contributed by atoms with van der Waals surface area (Å²) >= 11 is 1.63. The lowest BCUT2D eigenvalue weighted by Crippen LogP contribution is -2.39. The van der Waals surface area contributed by atoms with Crippen molar-refractivity contribution < 1.29 is 14.3 Å². The highest BCUT2D eigenvalue weighted by molar-refractivity contribution is 7.09. The van der Waals surface area contributed by atoms with Gasteiger partial charge in [-0.15, -0.1) is 11.3 Å². The number of carbonyl (C=O) groups is 2. The zero-order valence-corrected chi connectivity index (χ0v) is 9.47. The van der Waals surface area contributed by atoms with Crippen LogP contribution in [0.4, 0.5) is 0 Å². The van der Waals surface area contributed by atoms with Gasteiger partial charge in [-0.2, -0.15) is 0 Å². The van der Waals surface area contributed by atoms with Gasteiger partial charge in [0.15, 0.2) is 0 Å². The van der Waals surface area contributed by atoms with E-state index in [1.54, 1.807) is 11.3 Å². The monoisotopic (exact) mass is 227 g/mol. The van der Waals surface area contributed by atoms with E-state index in [2.05, 4.69) is 10.1 Å². The van der Waals surface area contributed by atoms with Crippen LogP contribution in [0.5, 0.6) is 0 Å². The van der Waals surface area contributed by atoms with E-state index in [0.717, 1.165) is 6.42 Å². The fourth-order valence-electron chi connectivity index (χ4n) is 1.16. The second-order valence-corrected chi connectivity index (χ2v) is 4.18. The molecule has 0 radical (unpaired) electrons. The first kappa shape index (κ1) is 11.7. The van der Waals surface area contributed by atoms with Gasteiger partial charge in [0.05, 0.1) is 7.11 Å². The normalized spacial score (nSPS) is 11.9. The number of hydrogen-bond donors (Lipinski definition) is 1. The number of hydrogen-bond acceptors (Lipinski definition) is 4. The Labute approximate surface area is 92.2 Å². The van der Waals surface area contributed by atoms with E-state index in [0.29, 0.717) is 0 Å². The van der Waals surface area contributed by atoms with Crippen molar-refractivity contribution in [3.8, 4) is 0 Å². The highest BCUT2D eigenvalue weighted by Crippen LogP contribution is 2.10. The SMILES string of the molecule is COC(=O)C(=O)NC(C)Cc1cccs1. The molecule has 1 N–H and O–H groups in total. The lowest BCUT2D eigenvalue weighted by Gasteiger charge is -2.11. The third-order valence-corrected chi connectivity index (χ3v) is 2.73. The van der Waals surface area contributed by atoms with Crippen LogP contribution in [0.25, 0.3) is 0 Å². The number of esters is 1.